The number of aliphatic hydroxyl groups is 2. The summed E-state index contributed by atoms with van der Waals surface area (Å²) in [5.74, 6) is 2.02. The van der Waals surface area contributed by atoms with E-state index in [-0.39, 0.29) is 24.0 Å². The molecule has 3 aliphatic carbocycles. The lowest BCUT2D eigenvalue weighted by Gasteiger charge is -2.23. The van der Waals surface area contributed by atoms with Crippen molar-refractivity contribution in [2.75, 3.05) is 14.1 Å². The fourth-order valence-electron chi connectivity index (χ4n) is 5.74. The number of allylic oxidation sites excluding steroid dienone is 2. The summed E-state index contributed by atoms with van der Waals surface area (Å²) in [6.45, 7) is 0. The van der Waals surface area contributed by atoms with E-state index in [9.17, 15) is 15.0 Å². The molecule has 4 nitrogen and oxygen atoms in total. The molecule has 2 fully saturated rings. The van der Waals surface area contributed by atoms with Gasteiger partial charge in [0.1, 0.15) is 0 Å². The van der Waals surface area contributed by atoms with Crippen LogP contribution in [0.3, 0.4) is 0 Å². The van der Waals surface area contributed by atoms with Crippen molar-refractivity contribution in [1.29, 1.82) is 0 Å². The van der Waals surface area contributed by atoms with Crippen molar-refractivity contribution < 1.29 is 15.0 Å². The lowest BCUT2D eigenvalue weighted by Crippen LogP contribution is -2.21. The topological polar surface area (TPSA) is 60.8 Å². The standard InChI is InChI=1S/C25H41NO3/c1-26(2)25(29)11-7-6-10-19-14-20-17-24(28)22(23(20)16-19)13-12-21(27)15-18-8-4-3-5-9-18/h12-14,18,20-24,27-28H,3-11,15-17H2,1-2H3/t20-,21+,22+,23-,24+/m0/s1. The van der Waals surface area contributed by atoms with Gasteiger partial charge < -0.3 is 15.1 Å². The first-order valence-corrected chi connectivity index (χ1v) is 11.9. The molecule has 4 heteroatoms. The van der Waals surface area contributed by atoms with Crippen molar-refractivity contribution in [2.24, 2.45) is 23.7 Å². The van der Waals surface area contributed by atoms with Gasteiger partial charge in [0.15, 0.2) is 0 Å². The molecular formula is C25H41NO3. The predicted molar refractivity (Wildman–Crippen MR) is 117 cm³/mol. The number of carbonyl (C=O) groups excluding carboxylic acids is 1. The molecule has 164 valence electrons. The van der Waals surface area contributed by atoms with Crippen LogP contribution in [0.15, 0.2) is 23.8 Å². The molecule has 0 heterocycles. The Kier molecular flexibility index (Phi) is 8.37. The summed E-state index contributed by atoms with van der Waals surface area (Å²) < 4.78 is 0. The number of aliphatic hydroxyl groups excluding tert-OH is 2. The number of rotatable bonds is 9. The molecular weight excluding hydrogens is 362 g/mol. The maximum Gasteiger partial charge on any atom is 0.222 e. The van der Waals surface area contributed by atoms with Crippen molar-refractivity contribution in [1.82, 2.24) is 4.90 Å². The second-order valence-electron chi connectivity index (χ2n) is 9.92. The molecule has 0 bridgehead atoms. The minimum Gasteiger partial charge on any atom is -0.392 e. The van der Waals surface area contributed by atoms with E-state index in [1.54, 1.807) is 4.90 Å². The van der Waals surface area contributed by atoms with Gasteiger partial charge in [0.2, 0.25) is 5.91 Å². The molecule has 0 unspecified atom stereocenters. The molecule has 0 saturated heterocycles. The molecule has 0 aromatic heterocycles. The van der Waals surface area contributed by atoms with Gasteiger partial charge in [-0.05, 0) is 56.3 Å². The van der Waals surface area contributed by atoms with E-state index in [2.05, 4.69) is 12.2 Å². The van der Waals surface area contributed by atoms with E-state index >= 15 is 0 Å². The zero-order chi connectivity index (χ0) is 20.8. The second-order valence-corrected chi connectivity index (χ2v) is 9.92. The molecule has 2 saturated carbocycles. The third kappa shape index (κ3) is 6.42. The molecule has 3 aliphatic rings. The Labute approximate surface area is 177 Å². The summed E-state index contributed by atoms with van der Waals surface area (Å²) >= 11 is 0. The smallest absolute Gasteiger partial charge is 0.222 e. The van der Waals surface area contributed by atoms with Gasteiger partial charge in [-0.1, -0.05) is 55.9 Å². The fourth-order valence-corrected chi connectivity index (χ4v) is 5.74. The van der Waals surface area contributed by atoms with Gasteiger partial charge in [-0.15, -0.1) is 0 Å². The van der Waals surface area contributed by atoms with Crippen molar-refractivity contribution in [2.45, 2.75) is 89.3 Å². The Morgan fingerprint density at radius 2 is 2.00 bits per heavy atom. The maximum atomic E-state index is 11.7. The highest BCUT2D eigenvalue weighted by Crippen LogP contribution is 2.48. The minimum atomic E-state index is -0.368. The number of unbranched alkanes of at least 4 members (excludes halogenated alkanes) is 1. The average molecular weight is 404 g/mol. The molecule has 2 N–H and O–H groups in total. The third-order valence-electron chi connectivity index (χ3n) is 7.44. The minimum absolute atomic E-state index is 0.171. The molecule has 5 atom stereocenters. The normalized spacial score (nSPS) is 31.1. The van der Waals surface area contributed by atoms with Crippen LogP contribution in [0.1, 0.15) is 77.0 Å². The van der Waals surface area contributed by atoms with Gasteiger partial charge >= 0.3 is 0 Å². The molecule has 0 aromatic rings. The Bertz CT molecular complexity index is 591. The van der Waals surface area contributed by atoms with Crippen LogP contribution in [0, 0.1) is 23.7 Å². The van der Waals surface area contributed by atoms with Crippen LogP contribution in [0.4, 0.5) is 0 Å². The van der Waals surface area contributed by atoms with Gasteiger partial charge in [-0.2, -0.15) is 0 Å². The van der Waals surface area contributed by atoms with E-state index in [1.807, 2.05) is 20.2 Å². The highest BCUT2D eigenvalue weighted by atomic mass is 16.3. The molecule has 3 rings (SSSR count). The number of fused-ring (bicyclic) bond motifs is 1. The lowest BCUT2D eigenvalue weighted by atomic mass is 9.84. The van der Waals surface area contributed by atoms with Crippen LogP contribution in [-0.4, -0.2) is 47.3 Å². The van der Waals surface area contributed by atoms with Crippen LogP contribution in [0.25, 0.3) is 0 Å². The summed E-state index contributed by atoms with van der Waals surface area (Å²) in [6.07, 6.45) is 18.8. The largest absolute Gasteiger partial charge is 0.392 e. The zero-order valence-corrected chi connectivity index (χ0v) is 18.4. The van der Waals surface area contributed by atoms with Crippen molar-refractivity contribution in [3.8, 4) is 0 Å². The van der Waals surface area contributed by atoms with Crippen LogP contribution >= 0.6 is 0 Å². The first-order valence-electron chi connectivity index (χ1n) is 11.9. The summed E-state index contributed by atoms with van der Waals surface area (Å²) in [6, 6.07) is 0. The Morgan fingerprint density at radius 3 is 2.72 bits per heavy atom. The van der Waals surface area contributed by atoms with Crippen LogP contribution in [0.2, 0.25) is 0 Å². The quantitative estimate of drug-likeness (QED) is 0.441. The summed E-state index contributed by atoms with van der Waals surface area (Å²) in [7, 11) is 3.63. The third-order valence-corrected chi connectivity index (χ3v) is 7.44. The van der Waals surface area contributed by atoms with Crippen LogP contribution in [0.5, 0.6) is 0 Å². The highest BCUT2D eigenvalue weighted by molar-refractivity contribution is 5.75. The highest BCUT2D eigenvalue weighted by Gasteiger charge is 2.43. The summed E-state index contributed by atoms with van der Waals surface area (Å²) in [5.41, 5.74) is 1.50. The Balaban J connectivity index is 1.42. The van der Waals surface area contributed by atoms with Gasteiger partial charge in [0, 0.05) is 26.4 Å². The number of amides is 1. The van der Waals surface area contributed by atoms with E-state index in [1.165, 1.54) is 37.7 Å². The molecule has 29 heavy (non-hydrogen) atoms. The number of carbonyl (C=O) groups is 1. The SMILES string of the molecule is CN(C)C(=O)CCCCC1=C[C@H]2C[C@@H](O)[C@H](C=C[C@@H](O)CC3CCCCC3)[C@H]2C1. The Hall–Kier alpha value is -1.13. The molecule has 0 spiro atoms. The lowest BCUT2D eigenvalue weighted by molar-refractivity contribution is -0.128. The first kappa shape index (κ1) is 22.6. The van der Waals surface area contributed by atoms with Gasteiger partial charge in [-0.25, -0.2) is 0 Å². The van der Waals surface area contributed by atoms with Crippen molar-refractivity contribution >= 4 is 5.91 Å². The van der Waals surface area contributed by atoms with Crippen LogP contribution in [-0.2, 0) is 4.79 Å². The zero-order valence-electron chi connectivity index (χ0n) is 18.4. The van der Waals surface area contributed by atoms with Crippen LogP contribution < -0.4 is 0 Å². The number of nitrogens with zero attached hydrogens (tertiary/aromatic N) is 1. The van der Waals surface area contributed by atoms with E-state index in [0.29, 0.717) is 24.2 Å². The Morgan fingerprint density at radius 1 is 1.24 bits per heavy atom. The fraction of sp³-hybridized carbons (Fsp3) is 0.800. The first-order chi connectivity index (χ1) is 13.9. The van der Waals surface area contributed by atoms with Crippen molar-refractivity contribution in [3.63, 3.8) is 0 Å². The molecule has 0 aliphatic heterocycles. The number of hydrogen-bond donors (Lipinski definition) is 2. The number of hydrogen-bond acceptors (Lipinski definition) is 3. The second kappa shape index (κ2) is 10.8. The maximum absolute atomic E-state index is 11.7. The predicted octanol–water partition coefficient (Wildman–Crippen LogP) is 4.47. The summed E-state index contributed by atoms with van der Waals surface area (Å²) in [4.78, 5) is 13.4. The van der Waals surface area contributed by atoms with E-state index in [0.717, 1.165) is 38.5 Å². The van der Waals surface area contributed by atoms with Gasteiger partial charge in [0.05, 0.1) is 12.2 Å². The van der Waals surface area contributed by atoms with Gasteiger partial charge in [-0.3, -0.25) is 4.79 Å². The summed E-state index contributed by atoms with van der Waals surface area (Å²) in [5, 5.41) is 21.0. The van der Waals surface area contributed by atoms with E-state index < -0.39 is 0 Å². The molecule has 1 amide bonds. The monoisotopic (exact) mass is 403 g/mol. The van der Waals surface area contributed by atoms with E-state index in [4.69, 9.17) is 0 Å². The average Bonchev–Trinajstić information content (AvgIpc) is 3.20. The van der Waals surface area contributed by atoms with Crippen molar-refractivity contribution in [3.05, 3.63) is 23.8 Å². The van der Waals surface area contributed by atoms with Gasteiger partial charge in [0.25, 0.3) is 0 Å². The molecule has 0 radical (unpaired) electrons. The molecule has 0 aromatic carbocycles.